The molecule has 3 aliphatic rings. The summed E-state index contributed by atoms with van der Waals surface area (Å²) < 4.78 is 0. The van der Waals surface area contributed by atoms with E-state index in [0.29, 0.717) is 17.7 Å². The summed E-state index contributed by atoms with van der Waals surface area (Å²) in [7, 11) is 0. The summed E-state index contributed by atoms with van der Waals surface area (Å²) in [6, 6.07) is 0.535. The topological polar surface area (TPSA) is 52.6 Å². The second kappa shape index (κ2) is 8.13. The Morgan fingerprint density at radius 3 is 2.59 bits per heavy atom. The quantitative estimate of drug-likeness (QED) is 0.796. The number of hydrogen-bond donors (Lipinski definition) is 0. The molecule has 4 rings (SSSR count). The standard InChI is InChI=1S/C21H33N5O/c1-16(2)19-15-26(11-5-10-25(19)14-17-6-7-17)20-13-22-12-18(23-20)21(27)24-8-3-4-9-24/h12-13,16-17,19H,3-11,14-15H2,1-2H3/t19-/m0/s1. The molecule has 0 spiro atoms. The van der Waals surface area contributed by atoms with Crippen LogP contribution in [0.25, 0.3) is 0 Å². The number of carbonyl (C=O) groups is 1. The Balaban J connectivity index is 1.49. The highest BCUT2D eigenvalue weighted by molar-refractivity contribution is 5.92. The molecule has 0 aromatic carbocycles. The van der Waals surface area contributed by atoms with Crippen molar-refractivity contribution >= 4 is 11.7 Å². The number of rotatable bonds is 5. The molecule has 0 radical (unpaired) electrons. The monoisotopic (exact) mass is 371 g/mol. The molecule has 0 unspecified atom stereocenters. The molecule has 148 valence electrons. The van der Waals surface area contributed by atoms with E-state index in [2.05, 4.69) is 28.6 Å². The molecule has 1 aromatic rings. The maximum Gasteiger partial charge on any atom is 0.274 e. The summed E-state index contributed by atoms with van der Waals surface area (Å²) in [5.74, 6) is 2.41. The fourth-order valence-corrected chi connectivity index (χ4v) is 4.46. The van der Waals surface area contributed by atoms with Crippen molar-refractivity contribution in [2.24, 2.45) is 11.8 Å². The van der Waals surface area contributed by atoms with E-state index in [4.69, 9.17) is 4.98 Å². The molecular weight excluding hydrogens is 338 g/mol. The molecule has 2 aliphatic heterocycles. The molecule has 1 saturated carbocycles. The van der Waals surface area contributed by atoms with E-state index in [1.54, 1.807) is 6.20 Å². The van der Waals surface area contributed by atoms with E-state index in [-0.39, 0.29) is 5.91 Å². The van der Waals surface area contributed by atoms with Crippen molar-refractivity contribution in [2.75, 3.05) is 44.2 Å². The third-order valence-electron chi connectivity index (χ3n) is 6.27. The Morgan fingerprint density at radius 2 is 1.89 bits per heavy atom. The molecule has 1 aliphatic carbocycles. The second-order valence-corrected chi connectivity index (χ2v) is 8.81. The van der Waals surface area contributed by atoms with Crippen molar-refractivity contribution in [2.45, 2.75) is 52.0 Å². The molecule has 6 heteroatoms. The van der Waals surface area contributed by atoms with Gasteiger partial charge in [-0.2, -0.15) is 0 Å². The van der Waals surface area contributed by atoms with E-state index in [0.717, 1.165) is 63.7 Å². The zero-order valence-corrected chi connectivity index (χ0v) is 16.8. The van der Waals surface area contributed by atoms with Crippen molar-refractivity contribution < 1.29 is 4.79 Å². The predicted octanol–water partition coefficient (Wildman–Crippen LogP) is 2.66. The molecule has 6 nitrogen and oxygen atoms in total. The lowest BCUT2D eigenvalue weighted by Crippen LogP contribution is -2.45. The predicted molar refractivity (Wildman–Crippen MR) is 107 cm³/mol. The molecule has 1 atom stereocenters. The number of carbonyl (C=O) groups excluding carboxylic acids is 1. The van der Waals surface area contributed by atoms with Gasteiger partial charge >= 0.3 is 0 Å². The Kier molecular flexibility index (Phi) is 5.62. The van der Waals surface area contributed by atoms with Gasteiger partial charge in [0, 0.05) is 45.3 Å². The molecule has 3 fully saturated rings. The van der Waals surface area contributed by atoms with Gasteiger partial charge in [0.2, 0.25) is 0 Å². The Hall–Kier alpha value is -1.69. The zero-order valence-electron chi connectivity index (χ0n) is 16.8. The summed E-state index contributed by atoms with van der Waals surface area (Å²) >= 11 is 0. The van der Waals surface area contributed by atoms with Crippen LogP contribution in [0.1, 0.15) is 56.4 Å². The minimum absolute atomic E-state index is 0.0347. The zero-order chi connectivity index (χ0) is 18.8. The minimum Gasteiger partial charge on any atom is -0.354 e. The van der Waals surface area contributed by atoms with Crippen LogP contribution < -0.4 is 4.90 Å². The fraction of sp³-hybridized carbons (Fsp3) is 0.762. The molecule has 3 heterocycles. The number of likely N-dealkylation sites (tertiary alicyclic amines) is 1. The number of anilines is 1. The highest BCUT2D eigenvalue weighted by atomic mass is 16.2. The van der Waals surface area contributed by atoms with Crippen LogP contribution in [0, 0.1) is 11.8 Å². The van der Waals surface area contributed by atoms with E-state index in [1.807, 2.05) is 11.1 Å². The summed E-state index contributed by atoms with van der Waals surface area (Å²) in [5, 5.41) is 0. The van der Waals surface area contributed by atoms with Gasteiger partial charge in [-0.1, -0.05) is 13.8 Å². The van der Waals surface area contributed by atoms with Crippen molar-refractivity contribution in [3.63, 3.8) is 0 Å². The van der Waals surface area contributed by atoms with Gasteiger partial charge in [-0.05, 0) is 43.9 Å². The van der Waals surface area contributed by atoms with Gasteiger partial charge in [-0.15, -0.1) is 0 Å². The minimum atomic E-state index is 0.0347. The molecule has 27 heavy (non-hydrogen) atoms. The lowest BCUT2D eigenvalue weighted by atomic mass is 10.0. The Morgan fingerprint density at radius 1 is 1.11 bits per heavy atom. The average Bonchev–Trinajstić information content (AvgIpc) is 3.37. The van der Waals surface area contributed by atoms with E-state index in [1.165, 1.54) is 19.4 Å². The van der Waals surface area contributed by atoms with Crippen molar-refractivity contribution in [1.82, 2.24) is 19.8 Å². The van der Waals surface area contributed by atoms with Crippen LogP contribution in [0.2, 0.25) is 0 Å². The summed E-state index contributed by atoms with van der Waals surface area (Å²) in [4.78, 5) is 28.8. The SMILES string of the molecule is CC(C)[C@@H]1CN(c2cncc(C(=O)N3CCCC3)n2)CCCN1CC1CC1. The van der Waals surface area contributed by atoms with E-state index >= 15 is 0 Å². The summed E-state index contributed by atoms with van der Waals surface area (Å²) in [5.41, 5.74) is 0.495. The number of amides is 1. The largest absolute Gasteiger partial charge is 0.354 e. The summed E-state index contributed by atoms with van der Waals surface area (Å²) in [6.45, 7) is 10.7. The Bertz CT molecular complexity index is 654. The fourth-order valence-electron chi connectivity index (χ4n) is 4.46. The first kappa shape index (κ1) is 18.7. The van der Waals surface area contributed by atoms with Gasteiger partial charge in [-0.25, -0.2) is 4.98 Å². The average molecular weight is 372 g/mol. The van der Waals surface area contributed by atoms with Crippen LogP contribution in [0.5, 0.6) is 0 Å². The molecular formula is C21H33N5O. The van der Waals surface area contributed by atoms with Crippen LogP contribution in [0.15, 0.2) is 12.4 Å². The van der Waals surface area contributed by atoms with Gasteiger partial charge < -0.3 is 9.80 Å². The number of nitrogens with zero attached hydrogens (tertiary/aromatic N) is 5. The van der Waals surface area contributed by atoms with Crippen molar-refractivity contribution in [1.29, 1.82) is 0 Å². The Labute approximate surface area is 162 Å². The van der Waals surface area contributed by atoms with Crippen LogP contribution in [-0.2, 0) is 0 Å². The highest BCUT2D eigenvalue weighted by Crippen LogP contribution is 2.32. The number of aromatic nitrogens is 2. The number of hydrogen-bond acceptors (Lipinski definition) is 5. The van der Waals surface area contributed by atoms with Gasteiger partial charge in [-0.3, -0.25) is 14.7 Å². The first-order valence-electron chi connectivity index (χ1n) is 10.7. The van der Waals surface area contributed by atoms with Crippen LogP contribution in [0.4, 0.5) is 5.82 Å². The van der Waals surface area contributed by atoms with Crippen molar-refractivity contribution in [3.05, 3.63) is 18.1 Å². The van der Waals surface area contributed by atoms with Crippen LogP contribution in [0.3, 0.4) is 0 Å². The molecule has 1 amide bonds. The first-order chi connectivity index (χ1) is 13.1. The third-order valence-corrected chi connectivity index (χ3v) is 6.27. The lowest BCUT2D eigenvalue weighted by molar-refractivity contribution is 0.0786. The second-order valence-electron chi connectivity index (χ2n) is 8.81. The van der Waals surface area contributed by atoms with E-state index < -0.39 is 0 Å². The van der Waals surface area contributed by atoms with Gasteiger partial charge in [0.1, 0.15) is 11.5 Å². The van der Waals surface area contributed by atoms with Crippen LogP contribution >= 0.6 is 0 Å². The smallest absolute Gasteiger partial charge is 0.274 e. The molecule has 0 bridgehead atoms. The normalized spacial score (nSPS) is 24.5. The van der Waals surface area contributed by atoms with Gasteiger partial charge in [0.15, 0.2) is 0 Å². The molecule has 0 N–H and O–H groups in total. The highest BCUT2D eigenvalue weighted by Gasteiger charge is 2.32. The summed E-state index contributed by atoms with van der Waals surface area (Å²) in [6.07, 6.45) is 9.59. The maximum atomic E-state index is 12.7. The molecule has 1 aromatic heterocycles. The maximum absolute atomic E-state index is 12.7. The third kappa shape index (κ3) is 4.42. The molecule has 2 saturated heterocycles. The first-order valence-corrected chi connectivity index (χ1v) is 10.7. The van der Waals surface area contributed by atoms with Gasteiger partial charge in [0.25, 0.3) is 5.91 Å². The van der Waals surface area contributed by atoms with E-state index in [9.17, 15) is 4.79 Å². The lowest BCUT2D eigenvalue weighted by Gasteiger charge is -2.35. The van der Waals surface area contributed by atoms with Gasteiger partial charge in [0.05, 0.1) is 12.4 Å². The van der Waals surface area contributed by atoms with Crippen molar-refractivity contribution in [3.8, 4) is 0 Å². The van der Waals surface area contributed by atoms with Crippen LogP contribution in [-0.4, -0.2) is 71.0 Å².